The molecule has 0 unspecified atom stereocenters. The maximum Gasteiger partial charge on any atom is 0.246 e. The summed E-state index contributed by atoms with van der Waals surface area (Å²) in [6.07, 6.45) is 20.4. The van der Waals surface area contributed by atoms with Crippen molar-refractivity contribution in [2.24, 2.45) is 0 Å². The molecule has 0 saturated carbocycles. The monoisotopic (exact) mass is 425 g/mol. The van der Waals surface area contributed by atoms with E-state index in [9.17, 15) is 4.79 Å². The van der Waals surface area contributed by atoms with Gasteiger partial charge in [-0.15, -0.1) is 0 Å². The molecule has 0 saturated heterocycles. The van der Waals surface area contributed by atoms with Crippen LogP contribution in [0.3, 0.4) is 0 Å². The van der Waals surface area contributed by atoms with Gasteiger partial charge >= 0.3 is 0 Å². The highest BCUT2D eigenvalue weighted by atomic mass is 16.5. The summed E-state index contributed by atoms with van der Waals surface area (Å²) in [7, 11) is 4.37. The van der Waals surface area contributed by atoms with Crippen LogP contribution in [0.15, 0.2) is 12.2 Å². The molecular weight excluding hydrogens is 372 g/mol. The number of unbranched alkanes of at least 4 members (excludes halogenated alkanes) is 13. The summed E-state index contributed by atoms with van der Waals surface area (Å²) < 4.78 is 6.73. The molecule has 0 fully saturated rings. The largest absolute Gasteiger partial charge is 0.352 e. The number of hydrogen-bond donors (Lipinski definition) is 1. The molecule has 0 atom stereocenters. The molecule has 0 spiro atoms. The highest BCUT2D eigenvalue weighted by Gasteiger charge is 2.14. The lowest BCUT2D eigenvalue weighted by Gasteiger charge is -2.29. The minimum absolute atomic E-state index is 0.0469. The molecule has 0 bridgehead atoms. The van der Waals surface area contributed by atoms with Gasteiger partial charge in [0.1, 0.15) is 0 Å². The lowest BCUT2D eigenvalue weighted by molar-refractivity contribution is -0.909. The van der Waals surface area contributed by atoms with Gasteiger partial charge < -0.3 is 14.5 Å². The molecule has 4 heteroatoms. The fourth-order valence-electron chi connectivity index (χ4n) is 3.63. The maximum atomic E-state index is 11.5. The van der Waals surface area contributed by atoms with E-state index in [0.717, 1.165) is 30.8 Å². The lowest BCUT2D eigenvalue weighted by atomic mass is 10.0. The van der Waals surface area contributed by atoms with Crippen LogP contribution in [0.4, 0.5) is 0 Å². The van der Waals surface area contributed by atoms with Crippen molar-refractivity contribution < 1.29 is 14.0 Å². The average molecular weight is 426 g/mol. The number of carbonyl (C=O) groups excluding carboxylic acids is 1. The molecule has 0 aliphatic heterocycles. The van der Waals surface area contributed by atoms with Gasteiger partial charge in [0.2, 0.25) is 5.91 Å². The SMILES string of the molecule is C=C(C)C(=O)NCCC[N+](C)(C)COCCCCCCCCCCCCCCCC. The standard InChI is InChI=1S/C26H52N2O2/c1-6-7-8-9-10-11-12-13-14-15-16-17-18-19-23-30-24-28(4,5)22-20-21-27-26(29)25(2)3/h2,6-24H2,1,3-5H3/p+1. The smallest absolute Gasteiger partial charge is 0.246 e. The summed E-state index contributed by atoms with van der Waals surface area (Å²) >= 11 is 0. The van der Waals surface area contributed by atoms with Crippen molar-refractivity contribution in [2.45, 2.75) is 110 Å². The van der Waals surface area contributed by atoms with Crippen molar-refractivity contribution in [1.82, 2.24) is 5.32 Å². The number of carbonyl (C=O) groups is 1. The molecule has 1 amide bonds. The topological polar surface area (TPSA) is 38.3 Å². The van der Waals surface area contributed by atoms with Gasteiger partial charge in [0.15, 0.2) is 6.73 Å². The predicted octanol–water partition coefficient (Wildman–Crippen LogP) is 6.60. The average Bonchev–Trinajstić information content (AvgIpc) is 2.70. The Bertz CT molecular complexity index is 421. The minimum atomic E-state index is -0.0469. The van der Waals surface area contributed by atoms with Crippen LogP contribution in [0.2, 0.25) is 0 Å². The first-order valence-corrected chi connectivity index (χ1v) is 12.7. The number of rotatable bonds is 22. The number of hydrogen-bond acceptors (Lipinski definition) is 2. The van der Waals surface area contributed by atoms with Crippen LogP contribution in [0.5, 0.6) is 0 Å². The molecule has 0 radical (unpaired) electrons. The number of ether oxygens (including phenoxy) is 1. The molecule has 0 aliphatic carbocycles. The normalized spacial score (nSPS) is 11.6. The Labute approximate surface area is 188 Å². The molecule has 0 rings (SSSR count). The van der Waals surface area contributed by atoms with Gasteiger partial charge in [0, 0.05) is 18.5 Å². The maximum absolute atomic E-state index is 11.5. The van der Waals surface area contributed by atoms with Crippen LogP contribution in [0.1, 0.15) is 110 Å². The van der Waals surface area contributed by atoms with Gasteiger partial charge in [-0.05, 0) is 13.3 Å². The summed E-state index contributed by atoms with van der Waals surface area (Å²) in [4.78, 5) is 11.5. The molecule has 0 heterocycles. The number of nitrogens with zero attached hydrogens (tertiary/aromatic N) is 1. The van der Waals surface area contributed by atoms with Crippen LogP contribution in [0.25, 0.3) is 0 Å². The zero-order valence-electron chi connectivity index (χ0n) is 20.9. The number of nitrogens with one attached hydrogen (secondary N) is 1. The Morgan fingerprint density at radius 1 is 0.800 bits per heavy atom. The van der Waals surface area contributed by atoms with E-state index in [4.69, 9.17) is 4.74 Å². The second-order valence-electron chi connectivity index (χ2n) is 9.68. The molecule has 0 aromatic heterocycles. The Balaban J connectivity index is 3.34. The van der Waals surface area contributed by atoms with E-state index in [1.807, 2.05) is 0 Å². The van der Waals surface area contributed by atoms with Crippen LogP contribution >= 0.6 is 0 Å². The second kappa shape index (κ2) is 20.1. The van der Waals surface area contributed by atoms with Crippen LogP contribution in [-0.4, -0.2) is 50.9 Å². The van der Waals surface area contributed by atoms with Gasteiger partial charge in [-0.3, -0.25) is 4.79 Å². The van der Waals surface area contributed by atoms with Crippen LogP contribution < -0.4 is 5.32 Å². The summed E-state index contributed by atoms with van der Waals surface area (Å²) in [5, 5.41) is 2.89. The van der Waals surface area contributed by atoms with Gasteiger partial charge in [0.05, 0.1) is 27.2 Å². The molecule has 4 nitrogen and oxygen atoms in total. The van der Waals surface area contributed by atoms with Gasteiger partial charge in [-0.1, -0.05) is 97.0 Å². The highest BCUT2D eigenvalue weighted by molar-refractivity contribution is 5.91. The van der Waals surface area contributed by atoms with Crippen LogP contribution in [-0.2, 0) is 9.53 Å². The van der Waals surface area contributed by atoms with Crippen molar-refractivity contribution in [1.29, 1.82) is 0 Å². The summed E-state index contributed by atoms with van der Waals surface area (Å²) in [6.45, 7) is 11.0. The minimum Gasteiger partial charge on any atom is -0.352 e. The van der Waals surface area contributed by atoms with E-state index in [2.05, 4.69) is 32.9 Å². The van der Waals surface area contributed by atoms with E-state index in [-0.39, 0.29) is 5.91 Å². The molecule has 30 heavy (non-hydrogen) atoms. The second-order valence-corrected chi connectivity index (χ2v) is 9.68. The predicted molar refractivity (Wildman–Crippen MR) is 131 cm³/mol. The fraction of sp³-hybridized carbons (Fsp3) is 0.885. The lowest BCUT2D eigenvalue weighted by Crippen LogP contribution is -2.43. The van der Waals surface area contributed by atoms with E-state index in [1.54, 1.807) is 6.92 Å². The Hall–Kier alpha value is -0.870. The summed E-state index contributed by atoms with van der Waals surface area (Å²) in [5.74, 6) is -0.0469. The quantitative estimate of drug-likeness (QED) is 0.0918. The van der Waals surface area contributed by atoms with Crippen molar-refractivity contribution in [3.05, 3.63) is 12.2 Å². The first-order valence-electron chi connectivity index (χ1n) is 12.7. The summed E-state index contributed by atoms with van der Waals surface area (Å²) in [6, 6.07) is 0. The third kappa shape index (κ3) is 20.4. The van der Waals surface area contributed by atoms with Crippen molar-refractivity contribution >= 4 is 5.91 Å². The number of amides is 1. The highest BCUT2D eigenvalue weighted by Crippen LogP contribution is 2.13. The van der Waals surface area contributed by atoms with E-state index in [0.29, 0.717) is 12.1 Å². The molecule has 178 valence electrons. The van der Waals surface area contributed by atoms with Crippen LogP contribution in [0, 0.1) is 0 Å². The van der Waals surface area contributed by atoms with Gasteiger partial charge in [0.25, 0.3) is 0 Å². The van der Waals surface area contributed by atoms with Crippen molar-refractivity contribution in [2.75, 3.05) is 40.5 Å². The summed E-state index contributed by atoms with van der Waals surface area (Å²) in [5.41, 5.74) is 0.570. The van der Waals surface area contributed by atoms with E-state index in [1.165, 1.54) is 89.9 Å². The van der Waals surface area contributed by atoms with E-state index < -0.39 is 0 Å². The first kappa shape index (κ1) is 29.1. The zero-order valence-corrected chi connectivity index (χ0v) is 20.9. The Kier molecular flexibility index (Phi) is 19.5. The van der Waals surface area contributed by atoms with Crippen molar-refractivity contribution in [3.63, 3.8) is 0 Å². The van der Waals surface area contributed by atoms with Crippen molar-refractivity contribution in [3.8, 4) is 0 Å². The molecule has 1 N–H and O–H groups in total. The molecular formula is C26H53N2O2+. The molecule has 0 aliphatic rings. The first-order chi connectivity index (χ1) is 14.4. The van der Waals surface area contributed by atoms with Gasteiger partial charge in [-0.25, -0.2) is 0 Å². The Morgan fingerprint density at radius 2 is 1.27 bits per heavy atom. The zero-order chi connectivity index (χ0) is 22.5. The molecule has 0 aromatic carbocycles. The fourth-order valence-corrected chi connectivity index (χ4v) is 3.63. The van der Waals surface area contributed by atoms with Gasteiger partial charge in [-0.2, -0.15) is 0 Å². The Morgan fingerprint density at radius 3 is 1.73 bits per heavy atom. The number of quaternary nitrogens is 1. The van der Waals surface area contributed by atoms with E-state index >= 15 is 0 Å². The third-order valence-corrected chi connectivity index (χ3v) is 5.70. The third-order valence-electron chi connectivity index (χ3n) is 5.70. The molecule has 0 aromatic rings.